The number of nitrogens with zero attached hydrogens (tertiary/aromatic N) is 2. The molecule has 0 atom stereocenters. The van der Waals surface area contributed by atoms with Gasteiger partial charge in [0.15, 0.2) is 0 Å². The summed E-state index contributed by atoms with van der Waals surface area (Å²) in [7, 11) is 0. The number of H-pyrrole nitrogens is 1. The number of likely N-dealkylation sites (tertiary alicyclic amines) is 1. The minimum Gasteiger partial charge on any atom is -0.379 e. The fourth-order valence-electron chi connectivity index (χ4n) is 5.05. The zero-order valence-electron chi connectivity index (χ0n) is 16.7. The van der Waals surface area contributed by atoms with Crippen LogP contribution in [0.3, 0.4) is 0 Å². The van der Waals surface area contributed by atoms with Crippen molar-refractivity contribution in [3.8, 4) is 0 Å². The Morgan fingerprint density at radius 2 is 1.89 bits per heavy atom. The summed E-state index contributed by atoms with van der Waals surface area (Å²) in [4.78, 5) is 17.9. The molecule has 1 aliphatic heterocycles. The largest absolute Gasteiger partial charge is 0.379 e. The Kier molecular flexibility index (Phi) is 6.52. The standard InChI is InChI=1S/C21H30FN3O2.ClH/c1-3-27-17-6-10-21(2,11-7-17)24-12-8-16(9-13-24)25-19-14-15(22)4-5-18(19)23-20(25)26;/h4-5,14,16-17H,3,6-13H2,1-2H3,(H,23,26);1H/t17-,21-;. The second-order valence-electron chi connectivity index (χ2n) is 8.33. The quantitative estimate of drug-likeness (QED) is 0.817. The van der Waals surface area contributed by atoms with Gasteiger partial charge in [0.05, 0.1) is 17.1 Å². The number of ether oxygens (including phenoxy) is 1. The molecule has 28 heavy (non-hydrogen) atoms. The monoisotopic (exact) mass is 411 g/mol. The van der Waals surface area contributed by atoms with Crippen LogP contribution in [0.2, 0.25) is 0 Å². The van der Waals surface area contributed by atoms with E-state index in [1.807, 2.05) is 0 Å². The van der Waals surface area contributed by atoms with E-state index >= 15 is 0 Å². The molecule has 1 aromatic carbocycles. The number of hydrogen-bond acceptors (Lipinski definition) is 3. The Hall–Kier alpha value is -1.37. The third-order valence-corrected chi connectivity index (χ3v) is 6.68. The molecule has 7 heteroatoms. The van der Waals surface area contributed by atoms with Gasteiger partial charge in [-0.15, -0.1) is 12.4 Å². The summed E-state index contributed by atoms with van der Waals surface area (Å²) in [6.45, 7) is 7.20. The average Bonchev–Trinajstić information content (AvgIpc) is 2.99. The normalized spacial score (nSPS) is 27.0. The van der Waals surface area contributed by atoms with Crippen molar-refractivity contribution in [2.75, 3.05) is 19.7 Å². The first-order chi connectivity index (χ1) is 13.0. The maximum atomic E-state index is 13.7. The number of imidazole rings is 1. The molecular formula is C21H31ClFN3O2. The molecule has 0 amide bonds. The van der Waals surface area contributed by atoms with Gasteiger partial charge in [-0.2, -0.15) is 0 Å². The molecular weight excluding hydrogens is 381 g/mol. The summed E-state index contributed by atoms with van der Waals surface area (Å²) in [5.41, 5.74) is 1.50. The summed E-state index contributed by atoms with van der Waals surface area (Å²) in [5, 5.41) is 0. The van der Waals surface area contributed by atoms with Crippen molar-refractivity contribution < 1.29 is 9.13 Å². The van der Waals surface area contributed by atoms with Crippen LogP contribution in [0.5, 0.6) is 0 Å². The van der Waals surface area contributed by atoms with Gasteiger partial charge in [0.2, 0.25) is 0 Å². The SMILES string of the molecule is CCO[C@H]1CC[C@](C)(N2CCC(n3c(=O)[nH]c4ccc(F)cc43)CC2)CC1.Cl. The first-order valence-electron chi connectivity index (χ1n) is 10.3. The molecule has 0 unspecified atom stereocenters. The van der Waals surface area contributed by atoms with Crippen molar-refractivity contribution in [1.82, 2.24) is 14.5 Å². The van der Waals surface area contributed by atoms with E-state index in [-0.39, 0.29) is 35.5 Å². The maximum Gasteiger partial charge on any atom is 0.326 e. The van der Waals surface area contributed by atoms with Crippen LogP contribution < -0.4 is 5.69 Å². The Labute approximate surface area is 171 Å². The van der Waals surface area contributed by atoms with Crippen molar-refractivity contribution >= 4 is 23.4 Å². The van der Waals surface area contributed by atoms with Gasteiger partial charge in [-0.3, -0.25) is 9.47 Å². The van der Waals surface area contributed by atoms with Gasteiger partial charge in [-0.1, -0.05) is 0 Å². The van der Waals surface area contributed by atoms with Crippen LogP contribution in [0.25, 0.3) is 11.0 Å². The third kappa shape index (κ3) is 4.00. The lowest BCUT2D eigenvalue weighted by Gasteiger charge is -2.48. The Morgan fingerprint density at radius 3 is 2.54 bits per heavy atom. The van der Waals surface area contributed by atoms with Crippen molar-refractivity contribution in [2.45, 2.75) is 70.1 Å². The summed E-state index contributed by atoms with van der Waals surface area (Å²) in [6, 6.07) is 4.64. The van der Waals surface area contributed by atoms with Crippen molar-refractivity contribution in [3.63, 3.8) is 0 Å². The van der Waals surface area contributed by atoms with Crippen molar-refractivity contribution in [2.24, 2.45) is 0 Å². The fraction of sp³-hybridized carbons (Fsp3) is 0.667. The summed E-state index contributed by atoms with van der Waals surface area (Å²) < 4.78 is 21.3. The minimum absolute atomic E-state index is 0. The molecule has 2 fully saturated rings. The summed E-state index contributed by atoms with van der Waals surface area (Å²) in [6.07, 6.45) is 6.86. The number of aromatic amines is 1. The van der Waals surface area contributed by atoms with E-state index in [0.29, 0.717) is 17.1 Å². The van der Waals surface area contributed by atoms with Crippen LogP contribution in [-0.4, -0.2) is 45.8 Å². The number of nitrogens with one attached hydrogen (secondary N) is 1. The summed E-state index contributed by atoms with van der Waals surface area (Å²) >= 11 is 0. The maximum absolute atomic E-state index is 13.7. The minimum atomic E-state index is -0.300. The number of halogens is 2. The van der Waals surface area contributed by atoms with Crippen LogP contribution in [0.1, 0.15) is 58.4 Å². The lowest BCUT2D eigenvalue weighted by molar-refractivity contribution is -0.0273. The molecule has 2 aromatic rings. The fourth-order valence-corrected chi connectivity index (χ4v) is 5.05. The number of aromatic nitrogens is 2. The molecule has 5 nitrogen and oxygen atoms in total. The van der Waals surface area contributed by atoms with E-state index in [0.717, 1.165) is 45.4 Å². The molecule has 0 radical (unpaired) electrons. The first kappa shape index (κ1) is 21.3. The van der Waals surface area contributed by atoms with Gasteiger partial charge in [0.25, 0.3) is 0 Å². The third-order valence-electron chi connectivity index (χ3n) is 6.68. The molecule has 1 aromatic heterocycles. The number of hydrogen-bond donors (Lipinski definition) is 1. The molecule has 156 valence electrons. The second-order valence-corrected chi connectivity index (χ2v) is 8.33. The van der Waals surface area contributed by atoms with Crippen molar-refractivity contribution in [3.05, 3.63) is 34.5 Å². The zero-order valence-corrected chi connectivity index (χ0v) is 17.6. The molecule has 4 rings (SSSR count). The molecule has 1 saturated heterocycles. The summed E-state index contributed by atoms with van der Waals surface area (Å²) in [5.74, 6) is -0.300. The number of piperidine rings is 1. The number of fused-ring (bicyclic) bond motifs is 1. The first-order valence-corrected chi connectivity index (χ1v) is 10.3. The van der Waals surface area contributed by atoms with E-state index < -0.39 is 0 Å². The van der Waals surface area contributed by atoms with Gasteiger partial charge in [0.1, 0.15) is 5.82 Å². The second kappa shape index (κ2) is 8.56. The average molecular weight is 412 g/mol. The van der Waals surface area contributed by atoms with Crippen molar-refractivity contribution in [1.29, 1.82) is 0 Å². The molecule has 0 bridgehead atoms. The predicted molar refractivity (Wildman–Crippen MR) is 112 cm³/mol. The molecule has 1 N–H and O–H groups in total. The lowest BCUT2D eigenvalue weighted by Crippen LogP contribution is -2.53. The lowest BCUT2D eigenvalue weighted by atomic mass is 9.79. The highest BCUT2D eigenvalue weighted by Gasteiger charge is 2.38. The molecule has 2 aliphatic rings. The van der Waals surface area contributed by atoms with Gasteiger partial charge in [0, 0.05) is 31.3 Å². The van der Waals surface area contributed by atoms with Crippen LogP contribution >= 0.6 is 12.4 Å². The van der Waals surface area contributed by atoms with Gasteiger partial charge < -0.3 is 9.72 Å². The van der Waals surface area contributed by atoms with Crippen LogP contribution in [0.4, 0.5) is 4.39 Å². The Morgan fingerprint density at radius 1 is 1.21 bits per heavy atom. The molecule has 2 heterocycles. The van der Waals surface area contributed by atoms with E-state index in [2.05, 4.69) is 23.7 Å². The highest BCUT2D eigenvalue weighted by Crippen LogP contribution is 2.38. The highest BCUT2D eigenvalue weighted by molar-refractivity contribution is 5.85. The van der Waals surface area contributed by atoms with Gasteiger partial charge in [-0.25, -0.2) is 9.18 Å². The highest BCUT2D eigenvalue weighted by atomic mass is 35.5. The van der Waals surface area contributed by atoms with Crippen LogP contribution in [-0.2, 0) is 4.74 Å². The van der Waals surface area contributed by atoms with E-state index in [4.69, 9.17) is 4.74 Å². The van der Waals surface area contributed by atoms with Gasteiger partial charge >= 0.3 is 5.69 Å². The zero-order chi connectivity index (χ0) is 19.0. The molecule has 0 spiro atoms. The number of rotatable bonds is 4. The van der Waals surface area contributed by atoms with Crippen LogP contribution in [0.15, 0.2) is 23.0 Å². The van der Waals surface area contributed by atoms with E-state index in [1.165, 1.54) is 25.0 Å². The molecule has 1 aliphatic carbocycles. The smallest absolute Gasteiger partial charge is 0.326 e. The number of benzene rings is 1. The van der Waals surface area contributed by atoms with E-state index in [1.54, 1.807) is 10.6 Å². The molecule has 1 saturated carbocycles. The van der Waals surface area contributed by atoms with Crippen LogP contribution in [0, 0.1) is 5.82 Å². The topological polar surface area (TPSA) is 50.3 Å². The predicted octanol–water partition coefficient (Wildman–Crippen LogP) is 4.27. The van der Waals surface area contributed by atoms with E-state index in [9.17, 15) is 9.18 Å². The van der Waals surface area contributed by atoms with Gasteiger partial charge in [-0.05, 0) is 70.6 Å². The Bertz CT molecular complexity index is 849. The Balaban J connectivity index is 0.00000225.